The van der Waals surface area contributed by atoms with Crippen LogP contribution in [0.5, 0.6) is 0 Å². The lowest BCUT2D eigenvalue weighted by Crippen LogP contribution is -2.45. The molecule has 1 heterocycles. The molecule has 0 spiro atoms. The number of benzene rings is 1. The first-order valence-electron chi connectivity index (χ1n) is 6.01. The highest BCUT2D eigenvalue weighted by atomic mass is 16.5. The van der Waals surface area contributed by atoms with Crippen LogP contribution in [0.1, 0.15) is 25.0 Å². The van der Waals surface area contributed by atoms with Gasteiger partial charge in [0.15, 0.2) is 0 Å². The molecule has 1 fully saturated rings. The third kappa shape index (κ3) is 2.59. The molecule has 3 nitrogen and oxygen atoms in total. The van der Waals surface area contributed by atoms with Crippen LogP contribution in [0.3, 0.4) is 0 Å². The summed E-state index contributed by atoms with van der Waals surface area (Å²) in [6, 6.07) is 8.23. The fraction of sp³-hybridized carbons (Fsp3) is 0.500. The Balaban J connectivity index is 2.33. The molecular weight excluding hydrogens is 212 g/mol. The zero-order valence-electron chi connectivity index (χ0n) is 10.6. The number of hydrogen-bond acceptors (Lipinski definition) is 3. The molecule has 90 valence electrons. The summed E-state index contributed by atoms with van der Waals surface area (Å²) in [5.74, 6) is 0. The van der Waals surface area contributed by atoms with Crippen molar-refractivity contribution >= 4 is 5.69 Å². The minimum Gasteiger partial charge on any atom is -0.372 e. The van der Waals surface area contributed by atoms with Gasteiger partial charge in [-0.15, -0.1) is 0 Å². The third-order valence-electron chi connectivity index (χ3n) is 3.03. The lowest BCUT2D eigenvalue weighted by Gasteiger charge is -2.37. The van der Waals surface area contributed by atoms with Gasteiger partial charge < -0.3 is 9.64 Å². The van der Waals surface area contributed by atoms with Crippen LogP contribution in [0.25, 0.3) is 0 Å². The Morgan fingerprint density at radius 3 is 2.53 bits per heavy atom. The minimum atomic E-state index is 0.214. The van der Waals surface area contributed by atoms with E-state index in [0.29, 0.717) is 0 Å². The molecule has 1 aliphatic heterocycles. The Hall–Kier alpha value is -1.53. The second-order valence-corrected chi connectivity index (χ2v) is 4.79. The number of nitriles is 1. The summed E-state index contributed by atoms with van der Waals surface area (Å²) >= 11 is 0. The molecule has 3 heteroatoms. The van der Waals surface area contributed by atoms with E-state index < -0.39 is 0 Å². The Morgan fingerprint density at radius 2 is 1.94 bits per heavy atom. The van der Waals surface area contributed by atoms with Crippen LogP contribution < -0.4 is 4.90 Å². The number of aryl methyl sites for hydroxylation is 1. The minimum absolute atomic E-state index is 0.214. The van der Waals surface area contributed by atoms with Gasteiger partial charge in [0, 0.05) is 13.1 Å². The van der Waals surface area contributed by atoms with Gasteiger partial charge >= 0.3 is 0 Å². The lowest BCUT2D eigenvalue weighted by atomic mass is 10.1. The van der Waals surface area contributed by atoms with Gasteiger partial charge in [-0.3, -0.25) is 0 Å². The Bertz CT molecular complexity index is 440. The van der Waals surface area contributed by atoms with Crippen molar-refractivity contribution in [2.45, 2.75) is 33.0 Å². The Morgan fingerprint density at radius 1 is 1.29 bits per heavy atom. The van der Waals surface area contributed by atoms with Crippen molar-refractivity contribution in [3.05, 3.63) is 29.3 Å². The zero-order valence-corrected chi connectivity index (χ0v) is 10.6. The maximum Gasteiger partial charge on any atom is 0.101 e. The van der Waals surface area contributed by atoms with E-state index in [0.717, 1.165) is 24.3 Å². The maximum absolute atomic E-state index is 9.16. The van der Waals surface area contributed by atoms with Crippen molar-refractivity contribution in [3.63, 3.8) is 0 Å². The van der Waals surface area contributed by atoms with Crippen LogP contribution in [-0.4, -0.2) is 25.3 Å². The molecule has 1 saturated heterocycles. The van der Waals surface area contributed by atoms with E-state index in [1.54, 1.807) is 0 Å². The first-order valence-corrected chi connectivity index (χ1v) is 6.01. The Labute approximate surface area is 103 Å². The highest BCUT2D eigenvalue weighted by Gasteiger charge is 2.23. The molecule has 0 aromatic heterocycles. The molecule has 0 radical (unpaired) electrons. The van der Waals surface area contributed by atoms with E-state index >= 15 is 0 Å². The van der Waals surface area contributed by atoms with Gasteiger partial charge in [-0.1, -0.05) is 6.07 Å². The first-order chi connectivity index (χ1) is 8.10. The van der Waals surface area contributed by atoms with Crippen LogP contribution in [0.15, 0.2) is 18.2 Å². The van der Waals surface area contributed by atoms with Crippen molar-refractivity contribution < 1.29 is 4.74 Å². The largest absolute Gasteiger partial charge is 0.372 e. The number of morpholine rings is 1. The molecule has 0 aliphatic carbocycles. The van der Waals surface area contributed by atoms with E-state index in [1.807, 2.05) is 12.1 Å². The van der Waals surface area contributed by atoms with Crippen molar-refractivity contribution in [3.8, 4) is 6.07 Å². The molecule has 0 N–H and O–H groups in total. The summed E-state index contributed by atoms with van der Waals surface area (Å²) in [5, 5.41) is 9.16. The highest BCUT2D eigenvalue weighted by molar-refractivity contribution is 5.61. The van der Waals surface area contributed by atoms with Gasteiger partial charge in [-0.05, 0) is 38.5 Å². The molecule has 0 bridgehead atoms. The summed E-state index contributed by atoms with van der Waals surface area (Å²) in [7, 11) is 0. The predicted molar refractivity (Wildman–Crippen MR) is 68.1 cm³/mol. The fourth-order valence-electron chi connectivity index (χ4n) is 2.37. The average molecular weight is 230 g/mol. The third-order valence-corrected chi connectivity index (χ3v) is 3.03. The summed E-state index contributed by atoms with van der Waals surface area (Å²) in [5.41, 5.74) is 2.97. The monoisotopic (exact) mass is 230 g/mol. The van der Waals surface area contributed by atoms with E-state index in [1.165, 1.54) is 5.56 Å². The smallest absolute Gasteiger partial charge is 0.101 e. The quantitative estimate of drug-likeness (QED) is 0.743. The summed E-state index contributed by atoms with van der Waals surface area (Å²) in [4.78, 5) is 2.25. The van der Waals surface area contributed by atoms with Gasteiger partial charge in [0.2, 0.25) is 0 Å². The number of rotatable bonds is 1. The number of hydrogen-bond donors (Lipinski definition) is 0. The topological polar surface area (TPSA) is 36.3 Å². The van der Waals surface area contributed by atoms with Crippen molar-refractivity contribution in [2.75, 3.05) is 18.0 Å². The predicted octanol–water partition coefficient (Wildman–Crippen LogP) is 2.48. The number of nitrogens with zero attached hydrogens (tertiary/aromatic N) is 2. The van der Waals surface area contributed by atoms with Crippen LogP contribution >= 0.6 is 0 Å². The zero-order chi connectivity index (χ0) is 12.4. The second kappa shape index (κ2) is 4.77. The SMILES string of the molecule is Cc1ccc(C#N)c(N2CC(C)OC(C)C2)c1. The van der Waals surface area contributed by atoms with Gasteiger partial charge in [-0.2, -0.15) is 5.26 Å². The summed E-state index contributed by atoms with van der Waals surface area (Å²) in [6.45, 7) is 7.90. The average Bonchev–Trinajstić information content (AvgIpc) is 2.27. The van der Waals surface area contributed by atoms with Crippen molar-refractivity contribution in [2.24, 2.45) is 0 Å². The Kier molecular flexibility index (Phi) is 3.35. The van der Waals surface area contributed by atoms with Crippen LogP contribution in [0, 0.1) is 18.3 Å². The lowest BCUT2D eigenvalue weighted by molar-refractivity contribution is -0.00523. The van der Waals surface area contributed by atoms with Gasteiger partial charge in [0.05, 0.1) is 23.5 Å². The molecule has 0 amide bonds. The molecule has 1 aromatic rings. The fourth-order valence-corrected chi connectivity index (χ4v) is 2.37. The standard InChI is InChI=1S/C14H18N2O/c1-10-4-5-13(7-15)14(6-10)16-8-11(2)17-12(3)9-16/h4-6,11-12H,8-9H2,1-3H3. The molecule has 1 aliphatic rings. The van der Waals surface area contributed by atoms with Crippen LogP contribution in [-0.2, 0) is 4.74 Å². The number of ether oxygens (including phenoxy) is 1. The summed E-state index contributed by atoms with van der Waals surface area (Å²) < 4.78 is 5.72. The molecule has 17 heavy (non-hydrogen) atoms. The number of anilines is 1. The van der Waals surface area contributed by atoms with Gasteiger partial charge in [-0.25, -0.2) is 0 Å². The molecule has 1 aromatic carbocycles. The molecule has 2 atom stereocenters. The second-order valence-electron chi connectivity index (χ2n) is 4.79. The molecular formula is C14H18N2O. The van der Waals surface area contributed by atoms with E-state index in [4.69, 9.17) is 10.00 Å². The molecule has 0 saturated carbocycles. The van der Waals surface area contributed by atoms with Gasteiger partial charge in [0.1, 0.15) is 6.07 Å². The van der Waals surface area contributed by atoms with E-state index in [2.05, 4.69) is 37.8 Å². The maximum atomic E-state index is 9.16. The first kappa shape index (κ1) is 11.9. The molecule has 2 rings (SSSR count). The van der Waals surface area contributed by atoms with E-state index in [9.17, 15) is 0 Å². The van der Waals surface area contributed by atoms with Crippen molar-refractivity contribution in [1.29, 1.82) is 5.26 Å². The van der Waals surface area contributed by atoms with Crippen LogP contribution in [0.2, 0.25) is 0 Å². The van der Waals surface area contributed by atoms with E-state index in [-0.39, 0.29) is 12.2 Å². The van der Waals surface area contributed by atoms with Crippen molar-refractivity contribution in [1.82, 2.24) is 0 Å². The normalized spacial score (nSPS) is 24.5. The summed E-state index contributed by atoms with van der Waals surface area (Å²) in [6.07, 6.45) is 0.427. The van der Waals surface area contributed by atoms with Crippen LogP contribution in [0.4, 0.5) is 5.69 Å². The van der Waals surface area contributed by atoms with Gasteiger partial charge in [0.25, 0.3) is 0 Å². The molecule has 2 unspecified atom stereocenters. The highest BCUT2D eigenvalue weighted by Crippen LogP contribution is 2.25.